The van der Waals surface area contributed by atoms with Crippen LogP contribution in [0.1, 0.15) is 12.8 Å². The molecule has 3 aliphatic heterocycles. The van der Waals surface area contributed by atoms with Gasteiger partial charge in [-0.3, -0.25) is 4.79 Å². The number of carbonyl (C=O) groups excluding carboxylic acids is 1. The summed E-state index contributed by atoms with van der Waals surface area (Å²) < 4.78 is 36.2. The van der Waals surface area contributed by atoms with Gasteiger partial charge in [-0.2, -0.15) is 0 Å². The van der Waals surface area contributed by atoms with E-state index >= 15 is 0 Å². The van der Waals surface area contributed by atoms with Crippen molar-refractivity contribution in [3.8, 4) is 0 Å². The molecule has 0 radical (unpaired) electrons. The van der Waals surface area contributed by atoms with Gasteiger partial charge in [0.05, 0.1) is 31.0 Å². The zero-order chi connectivity index (χ0) is 15.1. The van der Waals surface area contributed by atoms with Gasteiger partial charge in [-0.25, -0.2) is 12.7 Å². The average molecular weight is 318 g/mol. The first-order valence-corrected chi connectivity index (χ1v) is 9.22. The first-order chi connectivity index (χ1) is 9.93. The molecule has 0 spiro atoms. The molecule has 0 unspecified atom stereocenters. The van der Waals surface area contributed by atoms with Crippen molar-refractivity contribution in [2.45, 2.75) is 18.9 Å². The van der Waals surface area contributed by atoms with Crippen molar-refractivity contribution in [1.29, 1.82) is 0 Å². The Kier molecular flexibility index (Phi) is 3.98. The van der Waals surface area contributed by atoms with Crippen molar-refractivity contribution in [2.75, 3.05) is 52.3 Å². The van der Waals surface area contributed by atoms with Gasteiger partial charge in [-0.1, -0.05) is 0 Å². The Morgan fingerprint density at radius 2 is 1.90 bits per heavy atom. The summed E-state index contributed by atoms with van der Waals surface area (Å²) in [5.41, 5.74) is -0.710. The number of nitrogens with zero attached hydrogens (tertiary/aromatic N) is 2. The number of fused-ring (bicyclic) bond motifs is 1. The summed E-state index contributed by atoms with van der Waals surface area (Å²) in [7, 11) is -3.28. The van der Waals surface area contributed by atoms with Gasteiger partial charge in [-0.15, -0.1) is 0 Å². The third-order valence-electron chi connectivity index (χ3n) is 4.78. The highest BCUT2D eigenvalue weighted by Gasteiger charge is 2.55. The van der Waals surface area contributed by atoms with Crippen LogP contribution in [0.15, 0.2) is 0 Å². The van der Waals surface area contributed by atoms with Gasteiger partial charge in [0.15, 0.2) is 0 Å². The number of rotatable bonds is 2. The number of hydrogen-bond donors (Lipinski definition) is 0. The van der Waals surface area contributed by atoms with Gasteiger partial charge in [0.1, 0.15) is 0 Å². The van der Waals surface area contributed by atoms with E-state index in [0.29, 0.717) is 52.3 Å². The normalized spacial score (nSPS) is 34.7. The van der Waals surface area contributed by atoms with Crippen LogP contribution in [0.25, 0.3) is 0 Å². The van der Waals surface area contributed by atoms with Gasteiger partial charge >= 0.3 is 0 Å². The molecule has 3 aliphatic rings. The summed E-state index contributed by atoms with van der Waals surface area (Å²) in [5.74, 6) is 0.0293. The van der Waals surface area contributed by atoms with E-state index in [9.17, 15) is 13.2 Å². The molecule has 0 saturated carbocycles. The minimum Gasteiger partial charge on any atom is -0.378 e. The van der Waals surface area contributed by atoms with E-state index in [4.69, 9.17) is 9.47 Å². The molecule has 3 fully saturated rings. The van der Waals surface area contributed by atoms with Crippen LogP contribution in [-0.2, 0) is 24.3 Å². The predicted molar refractivity (Wildman–Crippen MR) is 75.2 cm³/mol. The van der Waals surface area contributed by atoms with Crippen LogP contribution in [0.3, 0.4) is 0 Å². The lowest BCUT2D eigenvalue weighted by molar-refractivity contribution is -0.152. The molecule has 1 amide bonds. The topological polar surface area (TPSA) is 76.2 Å². The molecule has 0 aromatic rings. The van der Waals surface area contributed by atoms with E-state index in [2.05, 4.69) is 0 Å². The Bertz CT molecular complexity index is 517. The summed E-state index contributed by atoms with van der Waals surface area (Å²) in [6.07, 6.45) is 2.23. The molecule has 0 bridgehead atoms. The molecule has 7 nitrogen and oxygen atoms in total. The Morgan fingerprint density at radius 1 is 1.19 bits per heavy atom. The fourth-order valence-electron chi connectivity index (χ4n) is 3.58. The summed E-state index contributed by atoms with van der Waals surface area (Å²) in [5, 5.41) is 0. The molecular weight excluding hydrogens is 296 g/mol. The Morgan fingerprint density at radius 3 is 2.57 bits per heavy atom. The van der Waals surface area contributed by atoms with E-state index in [1.165, 1.54) is 10.6 Å². The SMILES string of the molecule is CS(=O)(=O)N1CC[C@H]2OCC[C@@]2(C(=O)N2CCOCC2)C1. The highest BCUT2D eigenvalue weighted by Crippen LogP contribution is 2.43. The van der Waals surface area contributed by atoms with Gasteiger partial charge in [0, 0.05) is 32.8 Å². The number of piperidine rings is 1. The summed E-state index contributed by atoms with van der Waals surface area (Å²) in [4.78, 5) is 14.8. The Labute approximate surface area is 125 Å². The third kappa shape index (κ3) is 2.69. The highest BCUT2D eigenvalue weighted by molar-refractivity contribution is 7.88. The molecule has 0 aromatic carbocycles. The molecular formula is C13H22N2O5S. The maximum absolute atomic E-state index is 13.0. The monoisotopic (exact) mass is 318 g/mol. The van der Waals surface area contributed by atoms with Crippen LogP contribution >= 0.6 is 0 Å². The third-order valence-corrected chi connectivity index (χ3v) is 6.03. The van der Waals surface area contributed by atoms with Crippen LogP contribution < -0.4 is 0 Å². The summed E-state index contributed by atoms with van der Waals surface area (Å²) in [6.45, 7) is 3.44. The predicted octanol–water partition coefficient (Wildman–Crippen LogP) is -0.714. The van der Waals surface area contributed by atoms with Gasteiger partial charge in [-0.05, 0) is 12.8 Å². The van der Waals surface area contributed by atoms with Crippen molar-refractivity contribution in [3.05, 3.63) is 0 Å². The molecule has 8 heteroatoms. The molecule has 0 aromatic heterocycles. The molecule has 0 aliphatic carbocycles. The maximum Gasteiger partial charge on any atom is 0.233 e. The molecule has 3 heterocycles. The second-order valence-electron chi connectivity index (χ2n) is 6.06. The van der Waals surface area contributed by atoms with Crippen LogP contribution in [0.5, 0.6) is 0 Å². The largest absolute Gasteiger partial charge is 0.378 e. The Hall–Kier alpha value is -0.700. The number of carbonyl (C=O) groups is 1. The number of sulfonamides is 1. The van der Waals surface area contributed by atoms with Crippen molar-refractivity contribution in [2.24, 2.45) is 5.41 Å². The minimum atomic E-state index is -3.28. The lowest BCUT2D eigenvalue weighted by Crippen LogP contribution is -2.60. The second-order valence-corrected chi connectivity index (χ2v) is 8.04. The lowest BCUT2D eigenvalue weighted by Gasteiger charge is -2.44. The van der Waals surface area contributed by atoms with Crippen molar-refractivity contribution in [3.63, 3.8) is 0 Å². The molecule has 21 heavy (non-hydrogen) atoms. The first-order valence-electron chi connectivity index (χ1n) is 7.37. The smallest absolute Gasteiger partial charge is 0.233 e. The number of morpholine rings is 1. The van der Waals surface area contributed by atoms with Crippen molar-refractivity contribution < 1.29 is 22.7 Å². The van der Waals surface area contributed by atoms with Crippen LogP contribution in [0.2, 0.25) is 0 Å². The van der Waals surface area contributed by atoms with E-state index in [0.717, 1.165) is 0 Å². The fraction of sp³-hybridized carbons (Fsp3) is 0.923. The van der Waals surface area contributed by atoms with Crippen molar-refractivity contribution in [1.82, 2.24) is 9.21 Å². The van der Waals surface area contributed by atoms with E-state index < -0.39 is 15.4 Å². The number of amides is 1. The average Bonchev–Trinajstić information content (AvgIpc) is 2.90. The molecule has 3 rings (SSSR count). The standard InChI is InChI=1S/C13H22N2O5S/c1-21(17,18)15-4-2-11-13(10-15,3-7-20-11)12(16)14-5-8-19-9-6-14/h11H,2-10H2,1H3/t11-,13-/m1/s1. The van der Waals surface area contributed by atoms with E-state index in [1.807, 2.05) is 0 Å². The highest BCUT2D eigenvalue weighted by atomic mass is 32.2. The van der Waals surface area contributed by atoms with Crippen molar-refractivity contribution >= 4 is 15.9 Å². The van der Waals surface area contributed by atoms with Crippen LogP contribution in [0, 0.1) is 5.41 Å². The maximum atomic E-state index is 13.0. The second kappa shape index (κ2) is 5.49. The molecule has 3 saturated heterocycles. The minimum absolute atomic E-state index is 0.0293. The number of hydrogen-bond acceptors (Lipinski definition) is 5. The lowest BCUT2D eigenvalue weighted by atomic mass is 9.76. The van der Waals surface area contributed by atoms with Gasteiger partial charge in [0.25, 0.3) is 0 Å². The Balaban J connectivity index is 1.85. The summed E-state index contributed by atoms with van der Waals surface area (Å²) >= 11 is 0. The fourth-order valence-corrected chi connectivity index (χ4v) is 4.48. The van der Waals surface area contributed by atoms with Crippen LogP contribution in [-0.4, -0.2) is 81.9 Å². The zero-order valence-corrected chi connectivity index (χ0v) is 13.1. The zero-order valence-electron chi connectivity index (χ0n) is 12.3. The number of ether oxygens (including phenoxy) is 2. The molecule has 0 N–H and O–H groups in total. The quantitative estimate of drug-likeness (QED) is 0.672. The summed E-state index contributed by atoms with van der Waals surface area (Å²) in [6, 6.07) is 0. The van der Waals surface area contributed by atoms with Crippen LogP contribution in [0.4, 0.5) is 0 Å². The van der Waals surface area contributed by atoms with E-state index in [-0.39, 0.29) is 18.6 Å². The van der Waals surface area contributed by atoms with E-state index in [1.54, 1.807) is 4.90 Å². The van der Waals surface area contributed by atoms with Gasteiger partial charge < -0.3 is 14.4 Å². The van der Waals surface area contributed by atoms with Gasteiger partial charge in [0.2, 0.25) is 15.9 Å². The molecule has 120 valence electrons. The molecule has 2 atom stereocenters. The first kappa shape index (κ1) is 15.2.